The van der Waals surface area contributed by atoms with Gasteiger partial charge in [-0.15, -0.1) is 0 Å². The van der Waals surface area contributed by atoms with E-state index in [1.807, 2.05) is 30.5 Å². The Morgan fingerprint density at radius 1 is 1.19 bits per heavy atom. The lowest BCUT2D eigenvalue weighted by Crippen LogP contribution is -2.19. The summed E-state index contributed by atoms with van der Waals surface area (Å²) in [5.74, 6) is -0.0616. The second-order valence-corrected chi connectivity index (χ2v) is 7.59. The van der Waals surface area contributed by atoms with E-state index in [1.165, 1.54) is 0 Å². The molecule has 0 radical (unpaired) electrons. The molecule has 148 valence electrons. The third kappa shape index (κ3) is 6.39. The van der Waals surface area contributed by atoms with Crippen LogP contribution in [0.4, 0.5) is 0 Å². The first-order valence-corrected chi connectivity index (χ1v) is 10.4. The monoisotopic (exact) mass is 390 g/mol. The van der Waals surface area contributed by atoms with Gasteiger partial charge < -0.3 is 9.67 Å². The van der Waals surface area contributed by atoms with Gasteiger partial charge in [0, 0.05) is 29.8 Å². The predicted molar refractivity (Wildman–Crippen MR) is 110 cm³/mol. The summed E-state index contributed by atoms with van der Waals surface area (Å²) >= 11 is 6.36. The number of aromatic nitrogens is 2. The van der Waals surface area contributed by atoms with E-state index in [4.69, 9.17) is 11.6 Å². The second-order valence-electron chi connectivity index (χ2n) is 7.18. The molecule has 0 aliphatic rings. The van der Waals surface area contributed by atoms with Crippen LogP contribution in [-0.2, 0) is 24.2 Å². The number of rotatable bonds is 12. The number of halogens is 1. The number of benzene rings is 1. The minimum absolute atomic E-state index is 0.364. The number of imidazole rings is 1. The number of unbranched alkanes of at least 4 members (excludes halogenated alkanes) is 3. The molecule has 1 atom stereocenters. The Morgan fingerprint density at radius 2 is 1.93 bits per heavy atom. The first-order chi connectivity index (χ1) is 13.1. The van der Waals surface area contributed by atoms with Gasteiger partial charge in [-0.05, 0) is 24.5 Å². The molecule has 0 bridgehead atoms. The highest BCUT2D eigenvalue weighted by Crippen LogP contribution is 2.22. The smallest absolute Gasteiger partial charge is 0.306 e. The van der Waals surface area contributed by atoms with Crippen molar-refractivity contribution in [3.63, 3.8) is 0 Å². The van der Waals surface area contributed by atoms with E-state index in [2.05, 4.69) is 23.4 Å². The van der Waals surface area contributed by atoms with Gasteiger partial charge in [0.25, 0.3) is 0 Å². The van der Waals surface area contributed by atoms with Gasteiger partial charge in [0.1, 0.15) is 5.82 Å². The summed E-state index contributed by atoms with van der Waals surface area (Å²) in [7, 11) is 0. The van der Waals surface area contributed by atoms with Gasteiger partial charge in [0.05, 0.1) is 12.5 Å². The maximum absolute atomic E-state index is 11.7. The Balaban J connectivity index is 2.25. The zero-order valence-electron chi connectivity index (χ0n) is 16.5. The largest absolute Gasteiger partial charge is 0.481 e. The molecule has 0 aliphatic carbocycles. The summed E-state index contributed by atoms with van der Waals surface area (Å²) in [5, 5.41) is 10.4. The van der Waals surface area contributed by atoms with Crippen LogP contribution in [0.1, 0.15) is 69.5 Å². The Bertz CT molecular complexity index is 727. The van der Waals surface area contributed by atoms with Crippen LogP contribution in [0.3, 0.4) is 0 Å². The maximum atomic E-state index is 11.7. The Hall–Kier alpha value is -1.81. The van der Waals surface area contributed by atoms with Gasteiger partial charge in [-0.25, -0.2) is 4.98 Å². The Labute approximate surface area is 167 Å². The van der Waals surface area contributed by atoms with E-state index in [9.17, 15) is 9.90 Å². The molecule has 5 heteroatoms. The van der Waals surface area contributed by atoms with Crippen molar-refractivity contribution in [2.75, 3.05) is 0 Å². The molecule has 0 saturated heterocycles. The summed E-state index contributed by atoms with van der Waals surface area (Å²) in [4.78, 5) is 16.4. The quantitative estimate of drug-likeness (QED) is 0.469. The number of aliphatic carboxylic acids is 1. The number of aryl methyl sites for hydroxylation is 1. The molecule has 1 aromatic carbocycles. The first kappa shape index (κ1) is 21.5. The molecule has 1 heterocycles. The van der Waals surface area contributed by atoms with Gasteiger partial charge in [-0.2, -0.15) is 0 Å². The van der Waals surface area contributed by atoms with Crippen molar-refractivity contribution in [3.8, 4) is 0 Å². The number of nitrogens with zero attached hydrogens (tertiary/aromatic N) is 2. The van der Waals surface area contributed by atoms with Crippen molar-refractivity contribution in [1.82, 2.24) is 9.55 Å². The lowest BCUT2D eigenvalue weighted by molar-refractivity contribution is -0.142. The van der Waals surface area contributed by atoms with Gasteiger partial charge in [0.2, 0.25) is 0 Å². The first-order valence-electron chi connectivity index (χ1n) is 10.1. The maximum Gasteiger partial charge on any atom is 0.306 e. The fourth-order valence-electron chi connectivity index (χ4n) is 3.35. The molecule has 1 N–H and O–H groups in total. The van der Waals surface area contributed by atoms with Gasteiger partial charge in [-0.1, -0.05) is 69.3 Å². The lowest BCUT2D eigenvalue weighted by Gasteiger charge is -2.16. The molecule has 0 spiro atoms. The van der Waals surface area contributed by atoms with Gasteiger partial charge >= 0.3 is 5.97 Å². The summed E-state index contributed by atoms with van der Waals surface area (Å²) in [6.07, 6.45) is 9.28. The highest BCUT2D eigenvalue weighted by Gasteiger charge is 2.21. The molecule has 27 heavy (non-hydrogen) atoms. The molecule has 0 aliphatic heterocycles. The van der Waals surface area contributed by atoms with Crippen LogP contribution in [-0.4, -0.2) is 20.6 Å². The number of carboxylic acids is 1. The van der Waals surface area contributed by atoms with Crippen molar-refractivity contribution in [3.05, 3.63) is 52.6 Å². The molecular formula is C22H31ClN2O2. The van der Waals surface area contributed by atoms with Crippen LogP contribution >= 0.6 is 11.6 Å². The topological polar surface area (TPSA) is 55.1 Å². The number of hydrogen-bond acceptors (Lipinski definition) is 2. The third-order valence-electron chi connectivity index (χ3n) is 5.02. The molecule has 1 unspecified atom stereocenters. The number of carbonyl (C=O) groups is 1. The van der Waals surface area contributed by atoms with Crippen LogP contribution in [0.2, 0.25) is 5.02 Å². The highest BCUT2D eigenvalue weighted by atomic mass is 35.5. The van der Waals surface area contributed by atoms with E-state index in [1.54, 1.807) is 0 Å². The number of hydrogen-bond donors (Lipinski definition) is 1. The van der Waals surface area contributed by atoms with Crippen molar-refractivity contribution >= 4 is 17.6 Å². The molecule has 0 amide bonds. The van der Waals surface area contributed by atoms with Gasteiger partial charge in [-0.3, -0.25) is 4.79 Å². The molecule has 2 rings (SSSR count). The highest BCUT2D eigenvalue weighted by molar-refractivity contribution is 6.31. The van der Waals surface area contributed by atoms with Crippen molar-refractivity contribution in [2.45, 2.75) is 71.8 Å². The average Bonchev–Trinajstić information content (AvgIpc) is 3.02. The molecule has 0 saturated carbocycles. The average molecular weight is 391 g/mol. The summed E-state index contributed by atoms with van der Waals surface area (Å²) in [6, 6.07) is 7.82. The summed E-state index contributed by atoms with van der Waals surface area (Å²) in [5.41, 5.74) is 2.03. The van der Waals surface area contributed by atoms with E-state index >= 15 is 0 Å². The Kier molecular flexibility index (Phi) is 8.86. The molecule has 0 fully saturated rings. The third-order valence-corrected chi connectivity index (χ3v) is 5.39. The van der Waals surface area contributed by atoms with E-state index in [-0.39, 0.29) is 5.92 Å². The van der Waals surface area contributed by atoms with Crippen LogP contribution in [0.25, 0.3) is 0 Å². The number of carboxylic acid groups (broad SMARTS) is 1. The molecule has 2 aromatic rings. The molecular weight excluding hydrogens is 360 g/mol. The van der Waals surface area contributed by atoms with E-state index in [0.717, 1.165) is 60.6 Å². The minimum atomic E-state index is -0.716. The standard InChI is InChI=1S/C22H31ClN2O2/c1-3-5-7-10-17(22(26)27)14-19-15-24-21(13-6-4-2)25(19)16-18-11-8-9-12-20(18)23/h8-9,11-12,15,17H,3-7,10,13-14,16H2,1-2H3,(H,26,27). The van der Waals surface area contributed by atoms with Gasteiger partial charge in [0.15, 0.2) is 0 Å². The predicted octanol–water partition coefficient (Wildman–Crippen LogP) is 5.75. The van der Waals surface area contributed by atoms with Crippen LogP contribution < -0.4 is 0 Å². The lowest BCUT2D eigenvalue weighted by atomic mass is 9.96. The molecule has 4 nitrogen and oxygen atoms in total. The Morgan fingerprint density at radius 3 is 2.59 bits per heavy atom. The molecule has 1 aromatic heterocycles. The summed E-state index contributed by atoms with van der Waals surface area (Å²) < 4.78 is 2.17. The van der Waals surface area contributed by atoms with E-state index < -0.39 is 5.97 Å². The second kappa shape index (κ2) is 11.1. The van der Waals surface area contributed by atoms with Crippen LogP contribution in [0.15, 0.2) is 30.5 Å². The van der Waals surface area contributed by atoms with Crippen LogP contribution in [0, 0.1) is 5.92 Å². The summed E-state index contributed by atoms with van der Waals surface area (Å²) in [6.45, 7) is 4.93. The SMILES string of the molecule is CCCCCC(Cc1cnc(CCCC)n1Cc1ccccc1Cl)C(=O)O. The van der Waals surface area contributed by atoms with Crippen molar-refractivity contribution in [2.24, 2.45) is 5.92 Å². The van der Waals surface area contributed by atoms with Crippen LogP contribution in [0.5, 0.6) is 0 Å². The van der Waals surface area contributed by atoms with Crippen molar-refractivity contribution in [1.29, 1.82) is 0 Å². The fraction of sp³-hybridized carbons (Fsp3) is 0.545. The van der Waals surface area contributed by atoms with E-state index in [0.29, 0.717) is 19.4 Å². The normalized spacial score (nSPS) is 12.3. The minimum Gasteiger partial charge on any atom is -0.481 e. The zero-order valence-corrected chi connectivity index (χ0v) is 17.2. The van der Waals surface area contributed by atoms with Crippen molar-refractivity contribution < 1.29 is 9.90 Å². The zero-order chi connectivity index (χ0) is 19.6. The fourth-order valence-corrected chi connectivity index (χ4v) is 3.54.